The lowest BCUT2D eigenvalue weighted by molar-refractivity contribution is -0.184. The SMILES string of the molecule is COc1cc(C(=O)NCC(C)(c2cc(C(C)(C)N)cc(-c3ccc(F)cc3)n2)C(F)(F)F)ccc1OCC(F)(F)F. The van der Waals surface area contributed by atoms with E-state index in [4.69, 9.17) is 10.5 Å². The average molecular weight is 588 g/mol. The van der Waals surface area contributed by atoms with Gasteiger partial charge in [-0.1, -0.05) is 0 Å². The summed E-state index contributed by atoms with van der Waals surface area (Å²) in [5.74, 6) is -2.01. The number of alkyl halides is 6. The van der Waals surface area contributed by atoms with Gasteiger partial charge in [0.1, 0.15) is 11.2 Å². The zero-order valence-electron chi connectivity index (χ0n) is 22.5. The van der Waals surface area contributed by atoms with Crippen molar-refractivity contribution in [3.05, 3.63) is 77.2 Å². The first kappa shape index (κ1) is 31.7. The summed E-state index contributed by atoms with van der Waals surface area (Å²) in [7, 11) is 1.13. The molecule has 0 radical (unpaired) electrons. The summed E-state index contributed by atoms with van der Waals surface area (Å²) in [6, 6.07) is 11.0. The minimum absolute atomic E-state index is 0.122. The summed E-state index contributed by atoms with van der Waals surface area (Å²) in [4.78, 5) is 17.1. The highest BCUT2D eigenvalue weighted by molar-refractivity contribution is 5.95. The molecule has 222 valence electrons. The Morgan fingerprint density at radius 3 is 2.10 bits per heavy atom. The van der Waals surface area contributed by atoms with Crippen molar-refractivity contribution in [2.24, 2.45) is 5.73 Å². The van der Waals surface area contributed by atoms with Gasteiger partial charge in [-0.05, 0) is 80.9 Å². The second kappa shape index (κ2) is 11.6. The van der Waals surface area contributed by atoms with Crippen LogP contribution in [0.1, 0.15) is 42.4 Å². The second-order valence-electron chi connectivity index (χ2n) is 10.1. The van der Waals surface area contributed by atoms with Crippen molar-refractivity contribution in [2.75, 3.05) is 20.3 Å². The highest BCUT2D eigenvalue weighted by Gasteiger charge is 2.54. The maximum Gasteiger partial charge on any atom is 0.422 e. The number of nitrogens with two attached hydrogens (primary N) is 1. The molecule has 41 heavy (non-hydrogen) atoms. The molecule has 0 saturated carbocycles. The van der Waals surface area contributed by atoms with E-state index in [0.29, 0.717) is 11.1 Å². The van der Waals surface area contributed by atoms with E-state index in [1.165, 1.54) is 24.3 Å². The number of methoxy groups -OCH3 is 1. The van der Waals surface area contributed by atoms with Crippen LogP contribution in [0.2, 0.25) is 0 Å². The number of hydrogen-bond acceptors (Lipinski definition) is 5. The van der Waals surface area contributed by atoms with E-state index in [-0.39, 0.29) is 22.8 Å². The van der Waals surface area contributed by atoms with Crippen molar-refractivity contribution in [1.29, 1.82) is 0 Å². The largest absolute Gasteiger partial charge is 0.493 e. The lowest BCUT2D eigenvalue weighted by atomic mass is 9.82. The fraction of sp³-hybridized carbons (Fsp3) is 0.357. The van der Waals surface area contributed by atoms with Crippen LogP contribution in [0.4, 0.5) is 30.7 Å². The van der Waals surface area contributed by atoms with Crippen LogP contribution in [0.5, 0.6) is 11.5 Å². The molecule has 0 aliphatic rings. The zero-order chi connectivity index (χ0) is 30.8. The number of rotatable bonds is 9. The number of carbonyl (C=O) groups excluding carboxylic acids is 1. The number of amides is 1. The molecule has 1 aromatic heterocycles. The number of nitrogens with one attached hydrogen (secondary N) is 1. The lowest BCUT2D eigenvalue weighted by Crippen LogP contribution is -2.49. The van der Waals surface area contributed by atoms with Crippen molar-refractivity contribution < 1.29 is 45.0 Å². The van der Waals surface area contributed by atoms with Gasteiger partial charge >= 0.3 is 12.4 Å². The molecule has 0 bridgehead atoms. The Hall–Kier alpha value is -3.87. The van der Waals surface area contributed by atoms with Crippen LogP contribution in [-0.4, -0.2) is 43.5 Å². The highest BCUT2D eigenvalue weighted by atomic mass is 19.4. The first-order valence-corrected chi connectivity index (χ1v) is 12.1. The summed E-state index contributed by atoms with van der Waals surface area (Å²) in [6.07, 6.45) is -9.53. The van der Waals surface area contributed by atoms with Crippen molar-refractivity contribution in [3.63, 3.8) is 0 Å². The third-order valence-corrected chi connectivity index (χ3v) is 6.32. The molecule has 0 spiro atoms. The van der Waals surface area contributed by atoms with Crippen LogP contribution in [0, 0.1) is 5.82 Å². The van der Waals surface area contributed by atoms with Gasteiger partial charge in [0.25, 0.3) is 5.91 Å². The second-order valence-corrected chi connectivity index (χ2v) is 10.1. The van der Waals surface area contributed by atoms with E-state index in [0.717, 1.165) is 44.4 Å². The summed E-state index contributed by atoms with van der Waals surface area (Å²) in [6.45, 7) is 1.51. The third kappa shape index (κ3) is 7.66. The molecule has 0 aliphatic heterocycles. The maximum absolute atomic E-state index is 14.6. The molecule has 13 heteroatoms. The number of pyridine rings is 1. The molecule has 1 atom stereocenters. The fourth-order valence-electron chi connectivity index (χ4n) is 3.74. The van der Waals surface area contributed by atoms with Gasteiger partial charge in [-0.25, -0.2) is 4.39 Å². The average Bonchev–Trinajstić information content (AvgIpc) is 2.88. The number of benzene rings is 2. The van der Waals surface area contributed by atoms with Gasteiger partial charge in [-0.2, -0.15) is 26.3 Å². The number of nitrogens with zero attached hydrogens (tertiary/aromatic N) is 1. The lowest BCUT2D eigenvalue weighted by Gasteiger charge is -2.33. The van der Waals surface area contributed by atoms with Gasteiger partial charge in [0.15, 0.2) is 18.1 Å². The Kier molecular flexibility index (Phi) is 8.92. The monoisotopic (exact) mass is 587 g/mol. The molecular weight excluding hydrogens is 559 g/mol. The predicted octanol–water partition coefficient (Wildman–Crippen LogP) is 6.28. The summed E-state index contributed by atoms with van der Waals surface area (Å²) >= 11 is 0. The van der Waals surface area contributed by atoms with Crippen LogP contribution in [0.3, 0.4) is 0 Å². The maximum atomic E-state index is 14.6. The molecule has 1 unspecified atom stereocenters. The Morgan fingerprint density at radius 2 is 1.56 bits per heavy atom. The van der Waals surface area contributed by atoms with Gasteiger partial charge in [0, 0.05) is 23.2 Å². The first-order chi connectivity index (χ1) is 18.8. The predicted molar refractivity (Wildman–Crippen MR) is 137 cm³/mol. The molecule has 0 fully saturated rings. The molecule has 6 nitrogen and oxygen atoms in total. The van der Waals surface area contributed by atoms with E-state index in [2.05, 4.69) is 15.0 Å². The van der Waals surface area contributed by atoms with E-state index in [1.54, 1.807) is 13.8 Å². The Balaban J connectivity index is 1.97. The Bertz CT molecular complexity index is 1380. The number of hydrogen-bond donors (Lipinski definition) is 2. The molecule has 1 heterocycles. The molecule has 3 rings (SSSR count). The molecule has 3 N–H and O–H groups in total. The Morgan fingerprint density at radius 1 is 0.927 bits per heavy atom. The zero-order valence-corrected chi connectivity index (χ0v) is 22.5. The van der Waals surface area contributed by atoms with Crippen LogP contribution >= 0.6 is 0 Å². The number of halogens is 7. The van der Waals surface area contributed by atoms with Crippen molar-refractivity contribution in [2.45, 2.75) is 44.1 Å². The van der Waals surface area contributed by atoms with Gasteiger partial charge in [-0.15, -0.1) is 0 Å². The fourth-order valence-corrected chi connectivity index (χ4v) is 3.74. The van der Waals surface area contributed by atoms with Gasteiger partial charge in [-0.3, -0.25) is 9.78 Å². The summed E-state index contributed by atoms with van der Waals surface area (Å²) < 4.78 is 104. The van der Waals surface area contributed by atoms with E-state index >= 15 is 0 Å². The number of aromatic nitrogens is 1. The highest BCUT2D eigenvalue weighted by Crippen LogP contribution is 2.41. The summed E-state index contributed by atoms with van der Waals surface area (Å²) in [5, 5.41) is 2.24. The van der Waals surface area contributed by atoms with E-state index in [9.17, 15) is 35.5 Å². The first-order valence-electron chi connectivity index (χ1n) is 12.1. The van der Waals surface area contributed by atoms with Crippen LogP contribution in [-0.2, 0) is 11.0 Å². The molecule has 2 aromatic carbocycles. The van der Waals surface area contributed by atoms with Gasteiger partial charge in [0.2, 0.25) is 0 Å². The molecule has 0 aliphatic carbocycles. The minimum Gasteiger partial charge on any atom is -0.493 e. The van der Waals surface area contributed by atoms with Crippen LogP contribution in [0.15, 0.2) is 54.6 Å². The number of carbonyl (C=O) groups is 1. The quantitative estimate of drug-likeness (QED) is 0.288. The van der Waals surface area contributed by atoms with Gasteiger partial charge < -0.3 is 20.5 Å². The van der Waals surface area contributed by atoms with E-state index in [1.807, 2.05) is 0 Å². The van der Waals surface area contributed by atoms with Crippen LogP contribution in [0.25, 0.3) is 11.3 Å². The standard InChI is InChI=1S/C28H28F7N3O3/c1-25(2,36)18-12-20(16-5-8-19(29)9-6-16)38-23(13-18)26(3,28(33,34)35)14-37-24(39)17-7-10-21(22(11-17)40-4)41-15-27(30,31)32/h5-13H,14-15,36H2,1-4H3,(H,37,39). The van der Waals surface area contributed by atoms with Crippen molar-refractivity contribution in [1.82, 2.24) is 10.3 Å². The summed E-state index contributed by atoms with van der Waals surface area (Å²) in [5.41, 5.74) is 2.61. The Labute approximate surface area is 231 Å². The third-order valence-electron chi connectivity index (χ3n) is 6.32. The van der Waals surface area contributed by atoms with Crippen molar-refractivity contribution >= 4 is 5.91 Å². The molecule has 3 aromatic rings. The molecule has 0 saturated heterocycles. The van der Waals surface area contributed by atoms with Crippen molar-refractivity contribution in [3.8, 4) is 22.8 Å². The van der Waals surface area contributed by atoms with E-state index < -0.39 is 53.9 Å². The molecular formula is C28H28F7N3O3. The van der Waals surface area contributed by atoms with Crippen LogP contribution < -0.4 is 20.5 Å². The number of ether oxygens (including phenoxy) is 2. The minimum atomic E-state index is -4.91. The van der Waals surface area contributed by atoms with Gasteiger partial charge in [0.05, 0.1) is 18.5 Å². The topological polar surface area (TPSA) is 86.5 Å². The normalized spacial score (nSPS) is 13.9. The molecule has 1 amide bonds. The smallest absolute Gasteiger partial charge is 0.422 e.